The van der Waals surface area contributed by atoms with Gasteiger partial charge in [0.05, 0.1) is 18.3 Å². The Morgan fingerprint density at radius 3 is 2.65 bits per heavy atom. The van der Waals surface area contributed by atoms with Crippen LogP contribution >= 0.6 is 0 Å². The van der Waals surface area contributed by atoms with Gasteiger partial charge >= 0.3 is 0 Å². The first-order valence-electron chi connectivity index (χ1n) is 9.03. The third kappa shape index (κ3) is 2.51. The number of hydrogen-bond donors (Lipinski definition) is 1. The van der Waals surface area contributed by atoms with Gasteiger partial charge in [0.25, 0.3) is 5.91 Å². The van der Waals surface area contributed by atoms with Gasteiger partial charge in [0.1, 0.15) is 5.82 Å². The molecule has 2 aromatic heterocycles. The number of carbonyl (C=O) groups excluding carboxylic acids is 1. The number of aromatic nitrogens is 5. The summed E-state index contributed by atoms with van der Waals surface area (Å²) < 4.78 is 2.24. The Labute approximate surface area is 151 Å². The average molecular weight is 348 g/mol. The zero-order valence-corrected chi connectivity index (χ0v) is 14.6. The van der Waals surface area contributed by atoms with Crippen LogP contribution in [0.4, 0.5) is 0 Å². The molecule has 1 amide bonds. The van der Waals surface area contributed by atoms with Crippen LogP contribution in [0.2, 0.25) is 0 Å². The highest BCUT2D eigenvalue weighted by atomic mass is 16.2. The summed E-state index contributed by atoms with van der Waals surface area (Å²) >= 11 is 0. The lowest BCUT2D eigenvalue weighted by atomic mass is 10.1. The average Bonchev–Trinajstić information content (AvgIpc) is 3.19. The maximum atomic E-state index is 13.0. The van der Waals surface area contributed by atoms with Crippen molar-refractivity contribution < 1.29 is 4.79 Å². The van der Waals surface area contributed by atoms with Crippen LogP contribution in [0.25, 0.3) is 11.3 Å². The smallest absolute Gasteiger partial charge is 0.254 e. The third-order valence-electron chi connectivity index (χ3n) is 5.22. The van der Waals surface area contributed by atoms with E-state index >= 15 is 0 Å². The number of amides is 1. The Morgan fingerprint density at radius 2 is 1.96 bits per heavy atom. The molecule has 132 valence electrons. The van der Waals surface area contributed by atoms with Gasteiger partial charge in [-0.05, 0) is 43.5 Å². The molecule has 5 rings (SSSR count). The van der Waals surface area contributed by atoms with Crippen molar-refractivity contribution in [1.29, 1.82) is 0 Å². The monoisotopic (exact) mass is 348 g/mol. The number of carbonyl (C=O) groups is 1. The highest BCUT2D eigenvalue weighted by Crippen LogP contribution is 2.41. The minimum Gasteiger partial charge on any atom is -0.329 e. The van der Waals surface area contributed by atoms with Gasteiger partial charge in [-0.15, -0.1) is 10.2 Å². The van der Waals surface area contributed by atoms with E-state index in [-0.39, 0.29) is 11.9 Å². The summed E-state index contributed by atoms with van der Waals surface area (Å²) in [4.78, 5) is 14.8. The minimum absolute atomic E-state index is 0.0373. The molecule has 1 saturated carbocycles. The van der Waals surface area contributed by atoms with Gasteiger partial charge in [-0.2, -0.15) is 5.10 Å². The molecular formula is C19H20N6O. The van der Waals surface area contributed by atoms with Crippen molar-refractivity contribution in [1.82, 2.24) is 29.9 Å². The summed E-state index contributed by atoms with van der Waals surface area (Å²) in [6.45, 7) is 3.34. The molecule has 1 atom stereocenters. The van der Waals surface area contributed by atoms with Crippen molar-refractivity contribution >= 4 is 5.91 Å². The molecule has 26 heavy (non-hydrogen) atoms. The fourth-order valence-corrected chi connectivity index (χ4v) is 3.73. The van der Waals surface area contributed by atoms with Gasteiger partial charge in [-0.25, -0.2) is 0 Å². The molecule has 1 aromatic carbocycles. The summed E-state index contributed by atoms with van der Waals surface area (Å²) in [5.41, 5.74) is 2.65. The number of benzene rings is 1. The van der Waals surface area contributed by atoms with E-state index in [0.29, 0.717) is 24.6 Å². The van der Waals surface area contributed by atoms with Crippen molar-refractivity contribution in [2.24, 2.45) is 0 Å². The SMILES string of the molecule is C[C@H]1CN(C(=O)c2ccc(-c3ccn[nH]3)cc2)Cc2nnc(C3CC3)n21. The predicted octanol–water partition coefficient (Wildman–Crippen LogP) is 2.76. The quantitative estimate of drug-likeness (QED) is 0.789. The summed E-state index contributed by atoms with van der Waals surface area (Å²) in [5, 5.41) is 15.6. The molecule has 7 nitrogen and oxygen atoms in total. The van der Waals surface area contributed by atoms with Gasteiger partial charge in [0, 0.05) is 24.2 Å². The molecule has 0 unspecified atom stereocenters. The van der Waals surface area contributed by atoms with Gasteiger partial charge in [0.2, 0.25) is 0 Å². The van der Waals surface area contributed by atoms with Crippen LogP contribution in [0, 0.1) is 0 Å². The Bertz CT molecular complexity index is 939. The molecule has 7 heteroatoms. The van der Waals surface area contributed by atoms with Crippen molar-refractivity contribution in [3.63, 3.8) is 0 Å². The van der Waals surface area contributed by atoms with Crippen molar-refractivity contribution in [2.75, 3.05) is 6.54 Å². The summed E-state index contributed by atoms with van der Waals surface area (Å²) in [6.07, 6.45) is 4.13. The zero-order chi connectivity index (χ0) is 17.7. The number of nitrogens with zero attached hydrogens (tertiary/aromatic N) is 5. The summed E-state index contributed by atoms with van der Waals surface area (Å²) in [6, 6.07) is 9.76. The molecule has 0 bridgehead atoms. The lowest BCUT2D eigenvalue weighted by Gasteiger charge is -2.32. The second kappa shape index (κ2) is 5.79. The van der Waals surface area contributed by atoms with E-state index < -0.39 is 0 Å². The topological polar surface area (TPSA) is 79.7 Å². The largest absolute Gasteiger partial charge is 0.329 e. The molecule has 1 aliphatic heterocycles. The molecule has 2 aliphatic rings. The van der Waals surface area contributed by atoms with Crippen molar-refractivity contribution in [3.8, 4) is 11.3 Å². The molecule has 0 spiro atoms. The third-order valence-corrected chi connectivity index (χ3v) is 5.22. The maximum absolute atomic E-state index is 13.0. The summed E-state index contributed by atoms with van der Waals surface area (Å²) in [7, 11) is 0. The normalized spacial score (nSPS) is 19.4. The van der Waals surface area contributed by atoms with Crippen LogP contribution in [0.15, 0.2) is 36.5 Å². The van der Waals surface area contributed by atoms with E-state index in [2.05, 4.69) is 31.9 Å². The number of fused-ring (bicyclic) bond motifs is 1. The lowest BCUT2D eigenvalue weighted by Crippen LogP contribution is -2.40. The van der Waals surface area contributed by atoms with E-state index in [4.69, 9.17) is 0 Å². The maximum Gasteiger partial charge on any atom is 0.254 e. The molecule has 1 N–H and O–H groups in total. The van der Waals surface area contributed by atoms with E-state index in [1.54, 1.807) is 6.20 Å². The fraction of sp³-hybridized carbons (Fsp3) is 0.368. The first kappa shape index (κ1) is 15.3. The van der Waals surface area contributed by atoms with Gasteiger partial charge in [-0.3, -0.25) is 9.89 Å². The number of rotatable bonds is 3. The minimum atomic E-state index is 0.0373. The van der Waals surface area contributed by atoms with E-state index in [9.17, 15) is 4.79 Å². The van der Waals surface area contributed by atoms with Crippen LogP contribution in [-0.2, 0) is 6.54 Å². The summed E-state index contributed by atoms with van der Waals surface area (Å²) in [5.74, 6) is 2.60. The van der Waals surface area contributed by atoms with E-state index in [1.165, 1.54) is 12.8 Å². The Kier molecular flexibility index (Phi) is 3.41. The highest BCUT2D eigenvalue weighted by molar-refractivity contribution is 5.94. The number of H-pyrrole nitrogens is 1. The fourth-order valence-electron chi connectivity index (χ4n) is 3.73. The van der Waals surface area contributed by atoms with Gasteiger partial charge in [0.15, 0.2) is 5.82 Å². The number of nitrogens with one attached hydrogen (secondary N) is 1. The molecule has 0 saturated heterocycles. The standard InChI is InChI=1S/C19H20N6O/c1-12-10-24(11-17-22-23-18(25(12)17)14-4-5-14)19(26)15-6-2-13(3-7-15)16-8-9-20-21-16/h2-3,6-9,12,14H,4-5,10-11H2,1H3,(H,20,21)/t12-/m0/s1. The molecule has 1 aliphatic carbocycles. The predicted molar refractivity (Wildman–Crippen MR) is 95.5 cm³/mol. The molecule has 1 fully saturated rings. The van der Waals surface area contributed by atoms with Crippen LogP contribution in [0.3, 0.4) is 0 Å². The van der Waals surface area contributed by atoms with Crippen LogP contribution in [0.5, 0.6) is 0 Å². The van der Waals surface area contributed by atoms with Crippen LogP contribution < -0.4 is 0 Å². The second-order valence-corrected chi connectivity index (χ2v) is 7.20. The lowest BCUT2D eigenvalue weighted by molar-refractivity contribution is 0.0679. The van der Waals surface area contributed by atoms with Crippen molar-refractivity contribution in [2.45, 2.75) is 38.3 Å². The van der Waals surface area contributed by atoms with E-state index in [1.807, 2.05) is 35.2 Å². The zero-order valence-electron chi connectivity index (χ0n) is 14.6. The molecule has 0 radical (unpaired) electrons. The van der Waals surface area contributed by atoms with Gasteiger partial charge in [-0.1, -0.05) is 12.1 Å². The number of hydrogen-bond acceptors (Lipinski definition) is 4. The van der Waals surface area contributed by atoms with E-state index in [0.717, 1.165) is 22.9 Å². The molecule has 3 aromatic rings. The second-order valence-electron chi connectivity index (χ2n) is 7.20. The first-order valence-corrected chi connectivity index (χ1v) is 9.03. The van der Waals surface area contributed by atoms with Gasteiger partial charge < -0.3 is 9.47 Å². The Hall–Kier alpha value is -2.96. The van der Waals surface area contributed by atoms with Crippen LogP contribution in [0.1, 0.15) is 53.7 Å². The Balaban J connectivity index is 1.37. The molecule has 3 heterocycles. The highest BCUT2D eigenvalue weighted by Gasteiger charge is 2.35. The molecular weight excluding hydrogens is 328 g/mol. The van der Waals surface area contributed by atoms with Crippen molar-refractivity contribution in [3.05, 3.63) is 53.7 Å². The Morgan fingerprint density at radius 1 is 1.15 bits per heavy atom. The number of aromatic amines is 1. The first-order chi connectivity index (χ1) is 12.7. The van der Waals surface area contributed by atoms with Crippen LogP contribution in [-0.4, -0.2) is 42.3 Å².